The number of aliphatic hydroxyl groups is 1. The third kappa shape index (κ3) is 3.27. The summed E-state index contributed by atoms with van der Waals surface area (Å²) in [5, 5.41) is 9.56. The fraction of sp³-hybridized carbons (Fsp3) is 0.727. The Morgan fingerprint density at radius 3 is 2.25 bits per heavy atom. The first-order chi connectivity index (χ1) is 7.20. The van der Waals surface area contributed by atoms with Crippen molar-refractivity contribution >= 4 is 0 Å². The minimum absolute atomic E-state index is 0.124. The highest BCUT2D eigenvalue weighted by molar-refractivity contribution is 5.15. The van der Waals surface area contributed by atoms with Gasteiger partial charge in [0.15, 0.2) is 5.89 Å². The second kappa shape index (κ2) is 4.49. The lowest BCUT2D eigenvalue weighted by atomic mass is 10.1. The minimum atomic E-state index is -2.64. The number of oxazole rings is 1. The molecule has 5 heteroatoms. The molecule has 1 aromatic heterocycles. The average molecular weight is 233 g/mol. The maximum atomic E-state index is 12.6. The van der Waals surface area contributed by atoms with E-state index in [-0.39, 0.29) is 29.7 Å². The summed E-state index contributed by atoms with van der Waals surface area (Å²) in [5.74, 6) is 0.216. The third-order valence-electron chi connectivity index (χ3n) is 2.04. The summed E-state index contributed by atoms with van der Waals surface area (Å²) in [5.41, 5.74) is -1.33. The number of nitrogens with zero attached hydrogens (tertiary/aromatic N) is 1. The number of hydrogen-bond acceptors (Lipinski definition) is 3. The van der Waals surface area contributed by atoms with Crippen molar-refractivity contribution in [3.63, 3.8) is 0 Å². The van der Waals surface area contributed by atoms with Gasteiger partial charge in [0.25, 0.3) is 6.43 Å². The Hall–Kier alpha value is -0.970. The van der Waals surface area contributed by atoms with Gasteiger partial charge in [-0.15, -0.1) is 0 Å². The van der Waals surface area contributed by atoms with Gasteiger partial charge in [-0.25, -0.2) is 13.8 Å². The van der Waals surface area contributed by atoms with E-state index in [9.17, 15) is 13.9 Å². The van der Waals surface area contributed by atoms with Gasteiger partial charge in [0.2, 0.25) is 0 Å². The summed E-state index contributed by atoms with van der Waals surface area (Å²) >= 11 is 0. The number of rotatable bonds is 4. The van der Waals surface area contributed by atoms with E-state index >= 15 is 0 Å². The molecule has 0 unspecified atom stereocenters. The molecular weight excluding hydrogens is 216 g/mol. The summed E-state index contributed by atoms with van der Waals surface area (Å²) in [6.07, 6.45) is -2.52. The highest BCUT2D eigenvalue weighted by Crippen LogP contribution is 2.29. The van der Waals surface area contributed by atoms with Crippen molar-refractivity contribution in [1.29, 1.82) is 0 Å². The van der Waals surface area contributed by atoms with Gasteiger partial charge in [-0.3, -0.25) is 0 Å². The Morgan fingerprint density at radius 2 is 1.94 bits per heavy atom. The quantitative estimate of drug-likeness (QED) is 0.869. The Labute approximate surface area is 93.5 Å². The van der Waals surface area contributed by atoms with Gasteiger partial charge in [-0.1, -0.05) is 13.8 Å². The molecular formula is C11H17F2NO2. The van der Waals surface area contributed by atoms with Crippen molar-refractivity contribution in [3.05, 3.63) is 17.3 Å². The first kappa shape index (κ1) is 13.1. The van der Waals surface area contributed by atoms with E-state index in [0.717, 1.165) is 0 Å². The van der Waals surface area contributed by atoms with Crippen LogP contribution in [0.4, 0.5) is 8.78 Å². The maximum Gasteiger partial charge on any atom is 0.283 e. The Morgan fingerprint density at radius 1 is 1.38 bits per heavy atom. The topological polar surface area (TPSA) is 46.3 Å². The third-order valence-corrected chi connectivity index (χ3v) is 2.04. The van der Waals surface area contributed by atoms with Crippen molar-refractivity contribution in [2.24, 2.45) is 0 Å². The lowest BCUT2D eigenvalue weighted by Gasteiger charge is -2.13. The molecule has 0 spiro atoms. The molecule has 0 aliphatic carbocycles. The molecule has 1 heterocycles. The first-order valence-electron chi connectivity index (χ1n) is 5.20. The van der Waals surface area contributed by atoms with Crippen LogP contribution in [0.15, 0.2) is 4.42 Å². The predicted octanol–water partition coefficient (Wildman–Crippen LogP) is 3.05. The predicted molar refractivity (Wildman–Crippen MR) is 55.6 cm³/mol. The van der Waals surface area contributed by atoms with Crippen LogP contribution in [0.3, 0.4) is 0 Å². The van der Waals surface area contributed by atoms with E-state index in [1.807, 2.05) is 0 Å². The van der Waals surface area contributed by atoms with E-state index in [1.165, 1.54) is 0 Å². The summed E-state index contributed by atoms with van der Waals surface area (Å²) in [4.78, 5) is 3.74. The van der Waals surface area contributed by atoms with Crippen LogP contribution in [0.25, 0.3) is 0 Å². The average Bonchev–Trinajstić information content (AvgIpc) is 2.44. The number of aromatic nitrogens is 1. The highest BCUT2D eigenvalue weighted by Gasteiger charge is 2.25. The molecule has 0 aliphatic heterocycles. The molecule has 1 N–H and O–H groups in total. The second-order valence-electron chi connectivity index (χ2n) is 4.80. The first-order valence-corrected chi connectivity index (χ1v) is 5.20. The van der Waals surface area contributed by atoms with Gasteiger partial charge in [-0.05, 0) is 13.8 Å². The lowest BCUT2D eigenvalue weighted by molar-refractivity contribution is 0.0732. The van der Waals surface area contributed by atoms with Crippen molar-refractivity contribution in [2.75, 3.05) is 0 Å². The van der Waals surface area contributed by atoms with Gasteiger partial charge in [0.1, 0.15) is 11.5 Å². The Bertz CT molecular complexity index is 328. The number of halogens is 2. The van der Waals surface area contributed by atoms with Crippen LogP contribution in [0.2, 0.25) is 0 Å². The smallest absolute Gasteiger partial charge is 0.283 e. The van der Waals surface area contributed by atoms with Gasteiger partial charge in [0.05, 0.1) is 12.0 Å². The zero-order valence-corrected chi connectivity index (χ0v) is 9.92. The standard InChI is InChI=1S/C11H17F2NO2/c1-6(2)9-8(10(12)13)14-7(16-9)5-11(3,4)15/h6,10,15H,5H2,1-4H3. The van der Waals surface area contributed by atoms with Crippen molar-refractivity contribution in [2.45, 2.75) is 52.1 Å². The monoisotopic (exact) mass is 233 g/mol. The largest absolute Gasteiger partial charge is 0.445 e. The summed E-state index contributed by atoms with van der Waals surface area (Å²) < 4.78 is 30.6. The van der Waals surface area contributed by atoms with E-state index < -0.39 is 12.0 Å². The van der Waals surface area contributed by atoms with E-state index in [4.69, 9.17) is 4.42 Å². The molecule has 0 bridgehead atoms. The van der Waals surface area contributed by atoms with Crippen molar-refractivity contribution in [1.82, 2.24) is 4.98 Å². The molecule has 0 saturated carbocycles. The van der Waals surface area contributed by atoms with Crippen LogP contribution in [-0.4, -0.2) is 15.7 Å². The zero-order chi connectivity index (χ0) is 12.5. The van der Waals surface area contributed by atoms with E-state index in [2.05, 4.69) is 4.98 Å². The second-order valence-corrected chi connectivity index (χ2v) is 4.80. The van der Waals surface area contributed by atoms with E-state index in [1.54, 1.807) is 27.7 Å². The molecule has 0 fully saturated rings. The fourth-order valence-electron chi connectivity index (χ4n) is 1.41. The Balaban J connectivity index is 3.02. The molecule has 0 amide bonds. The van der Waals surface area contributed by atoms with Crippen LogP contribution >= 0.6 is 0 Å². The molecule has 0 aromatic carbocycles. The van der Waals surface area contributed by atoms with Gasteiger partial charge >= 0.3 is 0 Å². The number of hydrogen-bond donors (Lipinski definition) is 1. The summed E-state index contributed by atoms with van der Waals surface area (Å²) in [6, 6.07) is 0. The highest BCUT2D eigenvalue weighted by atomic mass is 19.3. The normalized spacial score (nSPS) is 12.8. The molecule has 92 valence electrons. The molecule has 0 saturated heterocycles. The van der Waals surface area contributed by atoms with Crippen LogP contribution < -0.4 is 0 Å². The minimum Gasteiger partial charge on any atom is -0.445 e. The molecule has 0 atom stereocenters. The molecule has 3 nitrogen and oxygen atoms in total. The van der Waals surface area contributed by atoms with Gasteiger partial charge in [0, 0.05) is 5.92 Å². The molecule has 16 heavy (non-hydrogen) atoms. The fourth-order valence-corrected chi connectivity index (χ4v) is 1.41. The molecule has 0 aliphatic rings. The molecule has 1 rings (SSSR count). The SMILES string of the molecule is CC(C)c1oc(CC(C)(C)O)nc1C(F)F. The molecule has 0 radical (unpaired) electrons. The lowest BCUT2D eigenvalue weighted by Crippen LogP contribution is -2.22. The molecule has 1 aromatic rings. The van der Waals surface area contributed by atoms with Crippen LogP contribution in [0, 0.1) is 0 Å². The number of alkyl halides is 2. The van der Waals surface area contributed by atoms with Crippen LogP contribution in [0.5, 0.6) is 0 Å². The summed E-state index contributed by atoms with van der Waals surface area (Å²) in [7, 11) is 0. The van der Waals surface area contributed by atoms with Crippen LogP contribution in [-0.2, 0) is 6.42 Å². The van der Waals surface area contributed by atoms with Crippen molar-refractivity contribution < 1.29 is 18.3 Å². The van der Waals surface area contributed by atoms with Gasteiger partial charge < -0.3 is 9.52 Å². The zero-order valence-electron chi connectivity index (χ0n) is 9.92. The van der Waals surface area contributed by atoms with Crippen molar-refractivity contribution in [3.8, 4) is 0 Å². The Kier molecular flexibility index (Phi) is 3.68. The van der Waals surface area contributed by atoms with Gasteiger partial charge in [-0.2, -0.15) is 0 Å². The van der Waals surface area contributed by atoms with E-state index in [0.29, 0.717) is 0 Å². The maximum absolute atomic E-state index is 12.6. The summed E-state index contributed by atoms with van der Waals surface area (Å²) in [6.45, 7) is 6.68. The van der Waals surface area contributed by atoms with Crippen LogP contribution in [0.1, 0.15) is 57.4 Å².